The quantitative estimate of drug-likeness (QED) is 0.688. The molecule has 0 bridgehead atoms. The molecule has 1 unspecified atom stereocenters. The molecule has 0 radical (unpaired) electrons. The maximum absolute atomic E-state index is 11.9. The molecule has 154 valence electrons. The highest BCUT2D eigenvalue weighted by Crippen LogP contribution is 2.38. The van der Waals surface area contributed by atoms with Crippen LogP contribution in [0.2, 0.25) is 0 Å². The number of carbonyl (C=O) groups excluding carboxylic acids is 1. The average molecular weight is 395 g/mol. The van der Waals surface area contributed by atoms with Gasteiger partial charge in [-0.3, -0.25) is 0 Å². The van der Waals surface area contributed by atoms with Gasteiger partial charge in [0.15, 0.2) is 11.5 Å². The van der Waals surface area contributed by atoms with Gasteiger partial charge in [-0.1, -0.05) is 36.4 Å². The number of nitrogens with zero attached hydrogens (tertiary/aromatic N) is 1. The molecule has 5 heteroatoms. The molecular weight excluding hydrogens is 366 g/mol. The predicted molar refractivity (Wildman–Crippen MR) is 112 cm³/mol. The summed E-state index contributed by atoms with van der Waals surface area (Å²) in [5.74, 6) is 2.07. The van der Waals surface area contributed by atoms with Gasteiger partial charge in [-0.25, -0.2) is 4.79 Å². The van der Waals surface area contributed by atoms with Crippen molar-refractivity contribution in [3.63, 3.8) is 0 Å². The lowest BCUT2D eigenvalue weighted by Gasteiger charge is -2.31. The molecular formula is C24H29NO4. The Hall–Kier alpha value is -2.69. The minimum absolute atomic E-state index is 0.180. The van der Waals surface area contributed by atoms with Crippen LogP contribution in [0.1, 0.15) is 55.3 Å². The Bertz CT molecular complexity index is 830. The predicted octanol–water partition coefficient (Wildman–Crippen LogP) is 5.31. The van der Waals surface area contributed by atoms with Crippen LogP contribution in [0.4, 0.5) is 4.79 Å². The van der Waals surface area contributed by atoms with E-state index in [-0.39, 0.29) is 18.3 Å². The van der Waals surface area contributed by atoms with E-state index in [1.54, 1.807) is 19.1 Å². The van der Waals surface area contributed by atoms with Crippen molar-refractivity contribution in [2.75, 3.05) is 20.7 Å². The first-order valence-electron chi connectivity index (χ1n) is 10.5. The second-order valence-corrected chi connectivity index (χ2v) is 8.00. The minimum Gasteiger partial charge on any atom is -0.493 e. The summed E-state index contributed by atoms with van der Waals surface area (Å²) in [7, 11) is 3.41. The molecule has 1 saturated heterocycles. The lowest BCUT2D eigenvalue weighted by Crippen LogP contribution is -2.35. The van der Waals surface area contributed by atoms with E-state index in [0.717, 1.165) is 49.2 Å². The van der Waals surface area contributed by atoms with Crippen LogP contribution in [-0.4, -0.2) is 37.8 Å². The van der Waals surface area contributed by atoms with Gasteiger partial charge in [0.05, 0.1) is 13.2 Å². The third-order valence-corrected chi connectivity index (χ3v) is 6.08. The Balaban J connectivity index is 1.42. The van der Waals surface area contributed by atoms with Crippen LogP contribution >= 0.6 is 0 Å². The zero-order chi connectivity index (χ0) is 20.2. The van der Waals surface area contributed by atoms with Crippen LogP contribution in [-0.2, 0) is 4.74 Å². The number of benzene rings is 2. The van der Waals surface area contributed by atoms with Crippen molar-refractivity contribution in [3.8, 4) is 11.5 Å². The largest absolute Gasteiger partial charge is 0.493 e. The summed E-state index contributed by atoms with van der Waals surface area (Å²) >= 11 is 0. The van der Waals surface area contributed by atoms with E-state index in [1.165, 1.54) is 5.56 Å². The molecule has 2 aliphatic rings. The summed E-state index contributed by atoms with van der Waals surface area (Å²) in [5.41, 5.74) is 2.38. The summed E-state index contributed by atoms with van der Waals surface area (Å²) in [6.07, 6.45) is 4.74. The van der Waals surface area contributed by atoms with Crippen molar-refractivity contribution in [1.29, 1.82) is 0 Å². The molecule has 29 heavy (non-hydrogen) atoms. The lowest BCUT2D eigenvalue weighted by atomic mass is 9.83. The van der Waals surface area contributed by atoms with E-state index in [0.29, 0.717) is 12.5 Å². The normalized spacial score (nSPS) is 24.7. The maximum Gasteiger partial charge on any atom is 0.410 e. The third-order valence-electron chi connectivity index (χ3n) is 6.08. The third kappa shape index (κ3) is 4.50. The van der Waals surface area contributed by atoms with Crippen molar-refractivity contribution < 1.29 is 19.0 Å². The lowest BCUT2D eigenvalue weighted by molar-refractivity contribution is 0.0321. The van der Waals surface area contributed by atoms with Gasteiger partial charge < -0.3 is 19.1 Å². The molecule has 4 rings (SSSR count). The average Bonchev–Trinajstić information content (AvgIpc) is 2.77. The van der Waals surface area contributed by atoms with Crippen LogP contribution in [0, 0.1) is 0 Å². The highest BCUT2D eigenvalue weighted by molar-refractivity contribution is 5.68. The number of hydrogen-bond donors (Lipinski definition) is 0. The fourth-order valence-electron chi connectivity index (χ4n) is 4.31. The summed E-state index contributed by atoms with van der Waals surface area (Å²) in [6.45, 7) is 0.690. The molecule has 1 aliphatic carbocycles. The second-order valence-electron chi connectivity index (χ2n) is 8.00. The van der Waals surface area contributed by atoms with E-state index in [1.807, 2.05) is 18.2 Å². The Kier molecular flexibility index (Phi) is 5.93. The molecule has 1 saturated carbocycles. The van der Waals surface area contributed by atoms with Crippen molar-refractivity contribution in [2.24, 2.45) is 0 Å². The zero-order valence-corrected chi connectivity index (χ0v) is 17.2. The smallest absolute Gasteiger partial charge is 0.410 e. The maximum atomic E-state index is 11.9. The molecule has 5 nitrogen and oxygen atoms in total. The molecule has 2 aromatic carbocycles. The van der Waals surface area contributed by atoms with E-state index < -0.39 is 0 Å². The number of methoxy groups -OCH3 is 1. The summed E-state index contributed by atoms with van der Waals surface area (Å²) in [4.78, 5) is 13.5. The van der Waals surface area contributed by atoms with Crippen LogP contribution in [0.3, 0.4) is 0 Å². The first-order valence-corrected chi connectivity index (χ1v) is 10.5. The van der Waals surface area contributed by atoms with Gasteiger partial charge in [-0.15, -0.1) is 0 Å². The number of carbonyl (C=O) groups is 1. The second kappa shape index (κ2) is 8.76. The van der Waals surface area contributed by atoms with Crippen molar-refractivity contribution in [3.05, 3.63) is 59.7 Å². The minimum atomic E-state index is -0.279. The van der Waals surface area contributed by atoms with Gasteiger partial charge in [0, 0.05) is 20.0 Å². The van der Waals surface area contributed by atoms with Crippen LogP contribution in [0.15, 0.2) is 48.5 Å². The van der Waals surface area contributed by atoms with E-state index in [9.17, 15) is 4.79 Å². The fourth-order valence-corrected chi connectivity index (χ4v) is 4.31. The Morgan fingerprint density at radius 1 is 0.931 bits per heavy atom. The van der Waals surface area contributed by atoms with Gasteiger partial charge in [-0.2, -0.15) is 0 Å². The Labute approximate surface area is 172 Å². The highest BCUT2D eigenvalue weighted by atomic mass is 16.6. The number of amides is 1. The van der Waals surface area contributed by atoms with Crippen molar-refractivity contribution in [1.82, 2.24) is 4.90 Å². The summed E-state index contributed by atoms with van der Waals surface area (Å²) < 4.78 is 17.4. The van der Waals surface area contributed by atoms with Gasteiger partial charge in [0.1, 0.15) is 6.10 Å². The molecule has 0 aromatic heterocycles. The molecule has 1 atom stereocenters. The van der Waals surface area contributed by atoms with E-state index in [4.69, 9.17) is 14.2 Å². The van der Waals surface area contributed by atoms with Gasteiger partial charge in [0.2, 0.25) is 0 Å². The molecule has 1 amide bonds. The highest BCUT2D eigenvalue weighted by Gasteiger charge is 2.28. The first kappa shape index (κ1) is 19.6. The van der Waals surface area contributed by atoms with Crippen molar-refractivity contribution in [2.45, 2.75) is 50.2 Å². The fraction of sp³-hybridized carbons (Fsp3) is 0.458. The van der Waals surface area contributed by atoms with Crippen molar-refractivity contribution >= 4 is 6.09 Å². The molecule has 2 aromatic rings. The first-order chi connectivity index (χ1) is 14.1. The SMILES string of the molecule is COc1ccc(C2CCN(C)C(=O)O2)cc1OC1CCC(c2ccccc2)CC1. The summed E-state index contributed by atoms with van der Waals surface area (Å²) in [5, 5.41) is 0. The summed E-state index contributed by atoms with van der Waals surface area (Å²) in [6, 6.07) is 16.6. The number of rotatable bonds is 5. The van der Waals surface area contributed by atoms with Gasteiger partial charge >= 0.3 is 6.09 Å². The molecule has 0 N–H and O–H groups in total. The Morgan fingerprint density at radius 2 is 1.69 bits per heavy atom. The van der Waals surface area contributed by atoms with E-state index >= 15 is 0 Å². The number of ether oxygens (including phenoxy) is 3. The van der Waals surface area contributed by atoms with Crippen LogP contribution < -0.4 is 9.47 Å². The van der Waals surface area contributed by atoms with Gasteiger partial charge in [0.25, 0.3) is 0 Å². The number of cyclic esters (lactones) is 1. The standard InChI is InChI=1S/C24H29NO4/c1-25-15-14-21(29-24(25)26)19-10-13-22(27-2)23(16-19)28-20-11-8-18(9-12-20)17-6-4-3-5-7-17/h3-7,10,13,16,18,20-21H,8-9,11-12,14-15H2,1-2H3. The molecule has 1 aliphatic heterocycles. The molecule has 2 fully saturated rings. The Morgan fingerprint density at radius 3 is 2.38 bits per heavy atom. The van der Waals surface area contributed by atoms with Crippen LogP contribution in [0.5, 0.6) is 11.5 Å². The van der Waals surface area contributed by atoms with Gasteiger partial charge in [-0.05, 0) is 54.9 Å². The zero-order valence-electron chi connectivity index (χ0n) is 17.2. The van der Waals surface area contributed by atoms with Crippen LogP contribution in [0.25, 0.3) is 0 Å². The monoisotopic (exact) mass is 395 g/mol. The molecule has 0 spiro atoms. The van der Waals surface area contributed by atoms with E-state index in [2.05, 4.69) is 30.3 Å². The topological polar surface area (TPSA) is 48.0 Å². The molecule has 1 heterocycles. The number of hydrogen-bond acceptors (Lipinski definition) is 4.